The molecule has 0 aliphatic rings. The molecule has 3 rings (SSSR count). The summed E-state index contributed by atoms with van der Waals surface area (Å²) in [4.78, 5) is 34.1. The Balaban J connectivity index is 1.49. The second kappa shape index (κ2) is 10.4. The molecule has 1 N–H and O–H groups in total. The van der Waals surface area contributed by atoms with Crippen LogP contribution in [0.3, 0.4) is 0 Å². The van der Waals surface area contributed by atoms with E-state index in [9.17, 15) is 24.1 Å². The van der Waals surface area contributed by atoms with Gasteiger partial charge in [0.15, 0.2) is 12.4 Å². The lowest BCUT2D eigenvalue weighted by Gasteiger charge is -2.06. The van der Waals surface area contributed by atoms with Crippen LogP contribution in [0, 0.1) is 15.9 Å². The number of ether oxygens (including phenoxy) is 2. The molecule has 162 valence electrons. The lowest BCUT2D eigenvalue weighted by atomic mass is 10.2. The number of amides is 1. The van der Waals surface area contributed by atoms with Gasteiger partial charge in [-0.25, -0.2) is 14.6 Å². The van der Waals surface area contributed by atoms with Crippen molar-refractivity contribution >= 4 is 23.8 Å². The second-order valence-corrected chi connectivity index (χ2v) is 6.25. The van der Waals surface area contributed by atoms with Crippen LogP contribution in [0.2, 0.25) is 0 Å². The molecule has 0 aliphatic heterocycles. The molecule has 0 aliphatic carbocycles. The molecule has 0 aromatic heterocycles. The largest absolute Gasteiger partial charge is 0.477 e. The highest BCUT2D eigenvalue weighted by atomic mass is 19.1. The smallest absolute Gasteiger partial charge is 0.346 e. The fourth-order valence-electron chi connectivity index (χ4n) is 2.50. The summed E-state index contributed by atoms with van der Waals surface area (Å²) in [6.45, 7) is -0.465. The zero-order valence-corrected chi connectivity index (χ0v) is 16.4. The summed E-state index contributed by atoms with van der Waals surface area (Å²) in [5.41, 5.74) is 2.39. The molecule has 0 saturated carbocycles. The average molecular weight is 437 g/mol. The van der Waals surface area contributed by atoms with E-state index in [0.29, 0.717) is 5.56 Å². The summed E-state index contributed by atoms with van der Waals surface area (Å²) in [5.74, 6) is -1.94. The van der Waals surface area contributed by atoms with E-state index >= 15 is 0 Å². The highest BCUT2D eigenvalue weighted by molar-refractivity contribution is 5.91. The number of benzene rings is 3. The molecule has 3 aromatic rings. The van der Waals surface area contributed by atoms with Crippen molar-refractivity contribution < 1.29 is 28.4 Å². The van der Waals surface area contributed by atoms with Crippen molar-refractivity contribution in [1.82, 2.24) is 5.43 Å². The van der Waals surface area contributed by atoms with Gasteiger partial charge in [-0.1, -0.05) is 24.3 Å². The maximum absolute atomic E-state index is 13.6. The van der Waals surface area contributed by atoms with E-state index in [1.54, 1.807) is 18.2 Å². The minimum Gasteiger partial charge on any atom is -0.477 e. The molecule has 3 aromatic carbocycles. The number of hydrogen-bond acceptors (Lipinski definition) is 7. The van der Waals surface area contributed by atoms with E-state index in [1.807, 2.05) is 0 Å². The number of para-hydroxylation sites is 2. The average Bonchev–Trinajstić information content (AvgIpc) is 2.79. The Kier molecular flexibility index (Phi) is 7.20. The van der Waals surface area contributed by atoms with Crippen LogP contribution in [-0.2, 0) is 4.79 Å². The molecular formula is C22H16FN3O6. The normalized spacial score (nSPS) is 10.5. The van der Waals surface area contributed by atoms with Crippen molar-refractivity contribution in [3.63, 3.8) is 0 Å². The summed E-state index contributed by atoms with van der Waals surface area (Å²) < 4.78 is 23.9. The van der Waals surface area contributed by atoms with Crippen molar-refractivity contribution in [2.75, 3.05) is 6.61 Å². The third-order valence-electron chi connectivity index (χ3n) is 4.01. The minimum atomic E-state index is -0.824. The third kappa shape index (κ3) is 5.95. The Morgan fingerprint density at radius 1 is 1.03 bits per heavy atom. The zero-order chi connectivity index (χ0) is 22.9. The van der Waals surface area contributed by atoms with Gasteiger partial charge in [0.25, 0.3) is 5.91 Å². The summed E-state index contributed by atoms with van der Waals surface area (Å²) >= 11 is 0. The third-order valence-corrected chi connectivity index (χ3v) is 4.01. The van der Waals surface area contributed by atoms with Gasteiger partial charge in [-0.05, 0) is 48.0 Å². The number of nitro benzene ring substituents is 1. The zero-order valence-electron chi connectivity index (χ0n) is 16.4. The Morgan fingerprint density at radius 2 is 1.72 bits per heavy atom. The monoisotopic (exact) mass is 437 g/mol. The molecular weight excluding hydrogens is 421 g/mol. The first-order chi connectivity index (χ1) is 15.4. The lowest BCUT2D eigenvalue weighted by molar-refractivity contribution is -0.385. The van der Waals surface area contributed by atoms with Crippen molar-refractivity contribution in [2.45, 2.75) is 0 Å². The van der Waals surface area contributed by atoms with Crippen LogP contribution in [0.4, 0.5) is 10.1 Å². The minimum absolute atomic E-state index is 0.0304. The first-order valence-corrected chi connectivity index (χ1v) is 9.19. The van der Waals surface area contributed by atoms with Crippen molar-refractivity contribution in [3.8, 4) is 11.5 Å². The molecule has 0 unspecified atom stereocenters. The molecule has 32 heavy (non-hydrogen) atoms. The van der Waals surface area contributed by atoms with Crippen LogP contribution < -0.4 is 14.9 Å². The number of nitrogens with zero attached hydrogens (tertiary/aromatic N) is 2. The Morgan fingerprint density at radius 3 is 2.44 bits per heavy atom. The molecule has 0 fully saturated rings. The maximum Gasteiger partial charge on any atom is 0.346 e. The summed E-state index contributed by atoms with van der Waals surface area (Å²) in [6.07, 6.45) is 1.34. The van der Waals surface area contributed by atoms with Crippen LogP contribution in [0.1, 0.15) is 15.9 Å². The summed E-state index contributed by atoms with van der Waals surface area (Å²) in [5, 5.41) is 14.7. The van der Waals surface area contributed by atoms with Crippen molar-refractivity contribution in [3.05, 3.63) is 99.9 Å². The van der Waals surface area contributed by atoms with Crippen LogP contribution >= 0.6 is 0 Å². The topological polar surface area (TPSA) is 120 Å². The number of hydrazone groups is 1. The number of halogens is 1. The number of rotatable bonds is 8. The number of carbonyl (C=O) groups is 2. The van der Waals surface area contributed by atoms with E-state index in [-0.39, 0.29) is 22.7 Å². The van der Waals surface area contributed by atoms with Gasteiger partial charge in [-0.15, -0.1) is 0 Å². The molecule has 0 heterocycles. The van der Waals surface area contributed by atoms with Crippen LogP contribution in [-0.4, -0.2) is 29.6 Å². The fourth-order valence-corrected chi connectivity index (χ4v) is 2.50. The van der Waals surface area contributed by atoms with Gasteiger partial charge in [-0.2, -0.15) is 5.10 Å². The Labute approximate surface area is 181 Å². The Bertz CT molecular complexity index is 1160. The molecule has 0 saturated heterocycles. The standard InChI is InChI=1S/C22H16FN3O6/c23-18-6-2-1-5-17(18)22(28)32-16-11-9-15(10-12-16)13-24-25-21(27)14-31-20-8-4-3-7-19(20)26(29)30/h1-13H,14H2,(H,25,27). The van der Waals surface area contributed by atoms with E-state index < -0.39 is 29.2 Å². The molecule has 0 spiro atoms. The predicted octanol–water partition coefficient (Wildman–Crippen LogP) is 3.48. The van der Waals surface area contributed by atoms with Crippen LogP contribution in [0.15, 0.2) is 77.9 Å². The number of nitro groups is 1. The second-order valence-electron chi connectivity index (χ2n) is 6.25. The van der Waals surface area contributed by atoms with E-state index in [1.165, 1.54) is 54.7 Å². The molecule has 9 nitrogen and oxygen atoms in total. The lowest BCUT2D eigenvalue weighted by Crippen LogP contribution is -2.24. The van der Waals surface area contributed by atoms with Crippen molar-refractivity contribution in [2.24, 2.45) is 5.10 Å². The van der Waals surface area contributed by atoms with Gasteiger partial charge in [0, 0.05) is 6.07 Å². The van der Waals surface area contributed by atoms with Crippen molar-refractivity contribution in [1.29, 1.82) is 0 Å². The van der Waals surface area contributed by atoms with Gasteiger partial charge in [-0.3, -0.25) is 14.9 Å². The molecule has 0 bridgehead atoms. The molecule has 0 radical (unpaired) electrons. The SMILES string of the molecule is O=C(COc1ccccc1[N+](=O)[O-])NN=Cc1ccc(OC(=O)c2ccccc2F)cc1. The van der Waals surface area contributed by atoms with E-state index in [4.69, 9.17) is 9.47 Å². The van der Waals surface area contributed by atoms with E-state index in [0.717, 1.165) is 6.07 Å². The highest BCUT2D eigenvalue weighted by Gasteiger charge is 2.15. The van der Waals surface area contributed by atoms with E-state index in [2.05, 4.69) is 10.5 Å². The quantitative estimate of drug-likeness (QED) is 0.189. The molecule has 1 amide bonds. The van der Waals surface area contributed by atoms with Gasteiger partial charge in [0.05, 0.1) is 16.7 Å². The maximum atomic E-state index is 13.6. The number of hydrogen-bond donors (Lipinski definition) is 1. The number of esters is 1. The van der Waals surface area contributed by atoms with Gasteiger partial charge in [0.1, 0.15) is 11.6 Å². The molecule has 0 atom stereocenters. The van der Waals surface area contributed by atoms with Crippen LogP contribution in [0.5, 0.6) is 11.5 Å². The summed E-state index contributed by atoms with van der Waals surface area (Å²) in [6, 6.07) is 17.3. The first kappa shape index (κ1) is 22.1. The van der Waals surface area contributed by atoms with Gasteiger partial charge >= 0.3 is 11.7 Å². The first-order valence-electron chi connectivity index (χ1n) is 9.19. The van der Waals surface area contributed by atoms with Crippen LogP contribution in [0.25, 0.3) is 0 Å². The predicted molar refractivity (Wildman–Crippen MR) is 112 cm³/mol. The van der Waals surface area contributed by atoms with Gasteiger partial charge < -0.3 is 9.47 Å². The summed E-state index contributed by atoms with van der Waals surface area (Å²) in [7, 11) is 0. The Hall–Kier alpha value is -4.60. The highest BCUT2D eigenvalue weighted by Crippen LogP contribution is 2.25. The fraction of sp³-hybridized carbons (Fsp3) is 0.0455. The number of carbonyl (C=O) groups excluding carboxylic acids is 2. The molecule has 10 heteroatoms. The number of nitrogens with one attached hydrogen (secondary N) is 1. The van der Waals surface area contributed by atoms with Gasteiger partial charge in [0.2, 0.25) is 0 Å².